The molecule has 0 aromatic heterocycles. The van der Waals surface area contributed by atoms with Gasteiger partial charge in [-0.1, -0.05) is 36.7 Å². The summed E-state index contributed by atoms with van der Waals surface area (Å²) in [5.41, 5.74) is 0.209. The van der Waals surface area contributed by atoms with Gasteiger partial charge in [-0.3, -0.25) is 0 Å². The summed E-state index contributed by atoms with van der Waals surface area (Å²) in [6, 6.07) is 4.04. The maximum absolute atomic E-state index is 11.9. The second kappa shape index (κ2) is 6.24. The number of ether oxygens (including phenoxy) is 1. The van der Waals surface area contributed by atoms with Crippen molar-refractivity contribution in [2.24, 2.45) is 10.6 Å². The maximum atomic E-state index is 11.9. The second-order valence-electron chi connectivity index (χ2n) is 5.67. The van der Waals surface area contributed by atoms with Crippen molar-refractivity contribution in [3.8, 4) is 0 Å². The number of rotatable bonds is 4. The molecule has 0 heterocycles. The van der Waals surface area contributed by atoms with Crippen LogP contribution in [0.4, 0.5) is 0 Å². The molecule has 0 saturated heterocycles. The van der Waals surface area contributed by atoms with Crippen LogP contribution in [0, 0.1) is 5.41 Å². The summed E-state index contributed by atoms with van der Waals surface area (Å²) in [4.78, 5) is 11.8. The Hall–Kier alpha value is -0.920. The molecule has 0 unspecified atom stereocenters. The van der Waals surface area contributed by atoms with Gasteiger partial charge in [-0.2, -0.15) is 0 Å². The third-order valence-corrected chi connectivity index (χ3v) is 3.87. The normalized spacial score (nSPS) is 12.2. The molecule has 0 fully saturated rings. The Kier molecular flexibility index (Phi) is 5.34. The minimum absolute atomic E-state index is 0.0588. The Morgan fingerprint density at radius 3 is 2.40 bits per heavy atom. The molecule has 1 aromatic rings. The number of nitrogens with two attached hydrogens (primary N) is 1. The van der Waals surface area contributed by atoms with Crippen molar-refractivity contribution in [2.45, 2.75) is 32.1 Å². The summed E-state index contributed by atoms with van der Waals surface area (Å²) in [5.74, 6) is -0.569. The maximum Gasteiger partial charge on any atom is 0.338 e. The zero-order valence-corrected chi connectivity index (χ0v) is 14.0. The molecule has 1 rings (SSSR count). The standard InChI is InChI=1S/C13H18BrNO4S/c1-13(2,3)4-5-19-12(16)9-6-10(14)8-11(7-9)20(15,17)18/h6-8H,4-5H2,1-3H3,(H2,15,17,18). The molecule has 0 aliphatic carbocycles. The van der Waals surface area contributed by atoms with E-state index in [1.54, 1.807) is 0 Å². The molecular weight excluding hydrogens is 346 g/mol. The van der Waals surface area contributed by atoms with Gasteiger partial charge in [0.05, 0.1) is 17.1 Å². The number of hydrogen-bond donors (Lipinski definition) is 1. The van der Waals surface area contributed by atoms with Gasteiger partial charge in [0, 0.05) is 4.47 Å². The van der Waals surface area contributed by atoms with Crippen molar-refractivity contribution >= 4 is 31.9 Å². The van der Waals surface area contributed by atoms with Gasteiger partial charge in [0.2, 0.25) is 10.0 Å². The van der Waals surface area contributed by atoms with Gasteiger partial charge in [-0.05, 0) is 30.0 Å². The molecule has 0 saturated carbocycles. The zero-order chi connectivity index (χ0) is 15.6. The Bertz CT molecular complexity index is 605. The van der Waals surface area contributed by atoms with E-state index in [1.165, 1.54) is 18.2 Å². The first-order valence-electron chi connectivity index (χ1n) is 5.99. The molecule has 2 N–H and O–H groups in total. The first-order chi connectivity index (χ1) is 8.99. The number of primary sulfonamides is 1. The molecule has 20 heavy (non-hydrogen) atoms. The Morgan fingerprint density at radius 1 is 1.30 bits per heavy atom. The average Bonchev–Trinajstić information content (AvgIpc) is 2.25. The SMILES string of the molecule is CC(C)(C)CCOC(=O)c1cc(Br)cc(S(N)(=O)=O)c1. The quantitative estimate of drug-likeness (QED) is 0.833. The van der Waals surface area contributed by atoms with Crippen molar-refractivity contribution in [1.82, 2.24) is 0 Å². The lowest BCUT2D eigenvalue weighted by Gasteiger charge is -2.17. The van der Waals surface area contributed by atoms with Crippen molar-refractivity contribution in [3.63, 3.8) is 0 Å². The second-order valence-corrected chi connectivity index (χ2v) is 8.14. The molecule has 0 radical (unpaired) electrons. The van der Waals surface area contributed by atoms with E-state index >= 15 is 0 Å². The number of carbonyl (C=O) groups is 1. The van der Waals surface area contributed by atoms with Gasteiger partial charge in [0.25, 0.3) is 0 Å². The molecule has 0 aliphatic rings. The average molecular weight is 364 g/mol. The predicted octanol–water partition coefficient (Wildman–Crippen LogP) is 2.69. The highest BCUT2D eigenvalue weighted by atomic mass is 79.9. The molecule has 0 bridgehead atoms. The summed E-state index contributed by atoms with van der Waals surface area (Å²) in [6.45, 7) is 6.40. The lowest BCUT2D eigenvalue weighted by molar-refractivity contribution is 0.0464. The van der Waals surface area contributed by atoms with E-state index in [0.717, 1.165) is 6.42 Å². The fourth-order valence-electron chi connectivity index (χ4n) is 1.38. The topological polar surface area (TPSA) is 86.5 Å². The van der Waals surface area contributed by atoms with Gasteiger partial charge in [0.1, 0.15) is 0 Å². The van der Waals surface area contributed by atoms with E-state index < -0.39 is 16.0 Å². The van der Waals surface area contributed by atoms with Crippen LogP contribution in [0.15, 0.2) is 27.6 Å². The molecule has 112 valence electrons. The zero-order valence-electron chi connectivity index (χ0n) is 11.6. The van der Waals surface area contributed by atoms with Crippen molar-refractivity contribution in [3.05, 3.63) is 28.2 Å². The molecular formula is C13H18BrNO4S. The van der Waals surface area contributed by atoms with E-state index in [9.17, 15) is 13.2 Å². The van der Waals surface area contributed by atoms with Crippen LogP contribution in [0.5, 0.6) is 0 Å². The van der Waals surface area contributed by atoms with Crippen LogP contribution in [0.1, 0.15) is 37.6 Å². The first kappa shape index (κ1) is 17.1. The number of hydrogen-bond acceptors (Lipinski definition) is 4. The molecule has 0 amide bonds. The lowest BCUT2D eigenvalue weighted by Crippen LogP contribution is -2.15. The van der Waals surface area contributed by atoms with Crippen molar-refractivity contribution < 1.29 is 17.9 Å². The third kappa shape index (κ3) is 5.60. The van der Waals surface area contributed by atoms with Crippen molar-refractivity contribution in [2.75, 3.05) is 6.61 Å². The highest BCUT2D eigenvalue weighted by Crippen LogP contribution is 2.21. The number of carbonyl (C=O) groups excluding carboxylic acids is 1. The minimum atomic E-state index is -3.86. The van der Waals surface area contributed by atoms with E-state index in [0.29, 0.717) is 4.47 Å². The monoisotopic (exact) mass is 363 g/mol. The number of esters is 1. The van der Waals surface area contributed by atoms with Crippen molar-refractivity contribution in [1.29, 1.82) is 0 Å². The Labute approximate surface area is 127 Å². The van der Waals surface area contributed by atoms with Gasteiger partial charge in [-0.15, -0.1) is 0 Å². The summed E-state index contributed by atoms with van der Waals surface area (Å²) in [6.07, 6.45) is 0.717. The number of halogens is 1. The number of benzene rings is 1. The van der Waals surface area contributed by atoms with Gasteiger partial charge in [-0.25, -0.2) is 18.4 Å². The summed E-state index contributed by atoms with van der Waals surface area (Å²) >= 11 is 3.15. The highest BCUT2D eigenvalue weighted by molar-refractivity contribution is 9.10. The number of sulfonamides is 1. The molecule has 5 nitrogen and oxygen atoms in total. The Balaban J connectivity index is 2.86. The minimum Gasteiger partial charge on any atom is -0.462 e. The van der Waals surface area contributed by atoms with Crippen LogP contribution >= 0.6 is 15.9 Å². The van der Waals surface area contributed by atoms with E-state index in [-0.39, 0.29) is 22.5 Å². The van der Waals surface area contributed by atoms with Crippen LogP contribution in [-0.4, -0.2) is 21.0 Å². The van der Waals surface area contributed by atoms with Crippen LogP contribution in [-0.2, 0) is 14.8 Å². The van der Waals surface area contributed by atoms with Crippen LogP contribution < -0.4 is 5.14 Å². The van der Waals surface area contributed by atoms with Gasteiger partial charge < -0.3 is 4.74 Å². The van der Waals surface area contributed by atoms with E-state index in [1.807, 2.05) is 20.8 Å². The summed E-state index contributed by atoms with van der Waals surface area (Å²) < 4.78 is 28.2. The fourth-order valence-corrected chi connectivity index (χ4v) is 2.61. The highest BCUT2D eigenvalue weighted by Gasteiger charge is 2.16. The summed E-state index contributed by atoms with van der Waals surface area (Å²) in [5, 5.41) is 5.05. The van der Waals surface area contributed by atoms with Crippen LogP contribution in [0.2, 0.25) is 0 Å². The van der Waals surface area contributed by atoms with E-state index in [2.05, 4.69) is 15.9 Å². The molecule has 1 aromatic carbocycles. The van der Waals surface area contributed by atoms with Gasteiger partial charge in [0.15, 0.2) is 0 Å². The smallest absolute Gasteiger partial charge is 0.338 e. The summed E-state index contributed by atoms with van der Waals surface area (Å²) in [7, 11) is -3.86. The Morgan fingerprint density at radius 2 is 1.90 bits per heavy atom. The largest absolute Gasteiger partial charge is 0.462 e. The predicted molar refractivity (Wildman–Crippen MR) is 79.9 cm³/mol. The van der Waals surface area contributed by atoms with Gasteiger partial charge >= 0.3 is 5.97 Å². The lowest BCUT2D eigenvalue weighted by atomic mass is 9.93. The fraction of sp³-hybridized carbons (Fsp3) is 0.462. The van der Waals surface area contributed by atoms with Crippen LogP contribution in [0.25, 0.3) is 0 Å². The third-order valence-electron chi connectivity index (χ3n) is 2.52. The molecule has 0 spiro atoms. The van der Waals surface area contributed by atoms with Crippen LogP contribution in [0.3, 0.4) is 0 Å². The molecule has 7 heteroatoms. The first-order valence-corrected chi connectivity index (χ1v) is 8.33. The molecule has 0 aliphatic heterocycles. The van der Waals surface area contributed by atoms with E-state index in [4.69, 9.17) is 9.88 Å². The molecule has 0 atom stereocenters.